The van der Waals surface area contributed by atoms with Gasteiger partial charge in [0.05, 0.1) is 30.8 Å². The van der Waals surface area contributed by atoms with Crippen molar-refractivity contribution < 1.29 is 37.8 Å². The molecule has 210 valence electrons. The fraction of sp³-hybridized carbons (Fsp3) is 0.417. The van der Waals surface area contributed by atoms with Gasteiger partial charge in [0.15, 0.2) is 6.23 Å². The number of methoxy groups -OCH3 is 1. The number of fused-ring (bicyclic) bond motifs is 1. The maximum absolute atomic E-state index is 13.6. The minimum atomic E-state index is -4.10. The van der Waals surface area contributed by atoms with E-state index in [1.165, 1.54) is 31.8 Å². The molecule has 0 radical (unpaired) electrons. The molecule has 5 N–H and O–H groups in total. The second kappa shape index (κ2) is 11.7. The zero-order chi connectivity index (χ0) is 28.3. The Morgan fingerprint density at radius 3 is 2.69 bits per heavy atom. The SMILES string of the molecule is CNC(=O)c1cn([C@@H]2O[C@H](COP(=O)(N[C@@H](C)C(=O)OC)Oc3ccccc3)C[C@H]2O)c2nc(C)nc(N)c12. The molecule has 1 unspecified atom stereocenters. The van der Waals surface area contributed by atoms with Gasteiger partial charge < -0.3 is 34.7 Å². The molecule has 39 heavy (non-hydrogen) atoms. The van der Waals surface area contributed by atoms with E-state index in [1.807, 2.05) is 0 Å². The lowest BCUT2D eigenvalue weighted by Crippen LogP contribution is -2.35. The lowest BCUT2D eigenvalue weighted by molar-refractivity contribution is -0.142. The van der Waals surface area contributed by atoms with Crippen LogP contribution in [-0.2, 0) is 23.4 Å². The van der Waals surface area contributed by atoms with Gasteiger partial charge in [0.1, 0.15) is 35.2 Å². The number of esters is 1. The Bertz CT molecular complexity index is 1400. The second-order valence-corrected chi connectivity index (χ2v) is 10.6. The second-order valence-electron chi connectivity index (χ2n) is 8.91. The molecule has 3 heterocycles. The van der Waals surface area contributed by atoms with Crippen molar-refractivity contribution in [2.24, 2.45) is 0 Å². The van der Waals surface area contributed by atoms with E-state index in [9.17, 15) is 19.3 Å². The van der Waals surface area contributed by atoms with E-state index in [1.54, 1.807) is 37.3 Å². The monoisotopic (exact) mass is 562 g/mol. The van der Waals surface area contributed by atoms with E-state index in [-0.39, 0.29) is 30.2 Å². The summed E-state index contributed by atoms with van der Waals surface area (Å²) in [5.74, 6) is -0.322. The molecule has 0 aliphatic carbocycles. The van der Waals surface area contributed by atoms with Gasteiger partial charge in [0, 0.05) is 19.7 Å². The summed E-state index contributed by atoms with van der Waals surface area (Å²) in [6, 6.07) is 7.31. The van der Waals surface area contributed by atoms with Crippen molar-refractivity contribution in [3.63, 3.8) is 0 Å². The molecule has 1 saturated heterocycles. The highest BCUT2D eigenvalue weighted by Crippen LogP contribution is 2.46. The van der Waals surface area contributed by atoms with Crippen molar-refractivity contribution in [2.75, 3.05) is 26.5 Å². The van der Waals surface area contributed by atoms with Crippen molar-refractivity contribution in [2.45, 2.75) is 44.7 Å². The van der Waals surface area contributed by atoms with Crippen LogP contribution in [0.2, 0.25) is 0 Å². The number of benzene rings is 1. The molecule has 0 bridgehead atoms. The first-order valence-corrected chi connectivity index (χ1v) is 13.6. The lowest BCUT2D eigenvalue weighted by atomic mass is 10.2. The number of anilines is 1. The van der Waals surface area contributed by atoms with E-state index in [0.29, 0.717) is 16.9 Å². The molecule has 2 aromatic heterocycles. The Balaban J connectivity index is 1.56. The van der Waals surface area contributed by atoms with E-state index < -0.39 is 44.1 Å². The third-order valence-electron chi connectivity index (χ3n) is 6.03. The Hall–Kier alpha value is -3.55. The first-order valence-electron chi connectivity index (χ1n) is 12.1. The number of aliphatic hydroxyl groups excluding tert-OH is 1. The van der Waals surface area contributed by atoms with Gasteiger partial charge in [-0.2, -0.15) is 5.09 Å². The summed E-state index contributed by atoms with van der Waals surface area (Å²) >= 11 is 0. The summed E-state index contributed by atoms with van der Waals surface area (Å²) < 4.78 is 37.1. The van der Waals surface area contributed by atoms with Crippen LogP contribution in [0.3, 0.4) is 0 Å². The molecule has 4 rings (SSSR count). The number of nitrogens with two attached hydrogens (primary N) is 1. The highest BCUT2D eigenvalue weighted by Gasteiger charge is 2.40. The predicted octanol–water partition coefficient (Wildman–Crippen LogP) is 1.68. The number of nitrogens with zero attached hydrogens (tertiary/aromatic N) is 3. The Morgan fingerprint density at radius 1 is 1.31 bits per heavy atom. The van der Waals surface area contributed by atoms with Crippen LogP contribution in [-0.4, -0.2) is 70.5 Å². The normalized spacial score (nSPS) is 21.3. The van der Waals surface area contributed by atoms with Crippen molar-refractivity contribution >= 4 is 36.5 Å². The molecule has 0 spiro atoms. The van der Waals surface area contributed by atoms with E-state index >= 15 is 0 Å². The van der Waals surface area contributed by atoms with Crippen LogP contribution in [0.15, 0.2) is 36.5 Å². The van der Waals surface area contributed by atoms with Gasteiger partial charge in [-0.05, 0) is 26.0 Å². The summed E-state index contributed by atoms with van der Waals surface area (Å²) in [5, 5.41) is 16.3. The third-order valence-corrected chi connectivity index (χ3v) is 7.67. The first-order chi connectivity index (χ1) is 18.5. The fourth-order valence-corrected chi connectivity index (χ4v) is 5.76. The van der Waals surface area contributed by atoms with E-state index in [0.717, 1.165) is 0 Å². The maximum Gasteiger partial charge on any atom is 0.459 e. The van der Waals surface area contributed by atoms with Crippen molar-refractivity contribution in [3.05, 3.63) is 47.9 Å². The fourth-order valence-electron chi connectivity index (χ4n) is 4.24. The predicted molar refractivity (Wildman–Crippen MR) is 140 cm³/mol. The van der Waals surface area contributed by atoms with Crippen LogP contribution in [0, 0.1) is 6.92 Å². The average Bonchev–Trinajstić information content (AvgIpc) is 3.47. The molecule has 3 aromatic rings. The van der Waals surface area contributed by atoms with Crippen LogP contribution in [0.1, 0.15) is 35.8 Å². The number of carbonyl (C=O) groups is 2. The largest absolute Gasteiger partial charge is 0.468 e. The smallest absolute Gasteiger partial charge is 0.459 e. The molecule has 14 nitrogen and oxygen atoms in total. The molecule has 1 aromatic carbocycles. The van der Waals surface area contributed by atoms with Crippen molar-refractivity contribution in [1.29, 1.82) is 0 Å². The molecular weight excluding hydrogens is 531 g/mol. The number of nitrogens with one attached hydrogen (secondary N) is 2. The summed E-state index contributed by atoms with van der Waals surface area (Å²) in [4.78, 5) is 33.0. The summed E-state index contributed by atoms with van der Waals surface area (Å²) in [6.07, 6.45) is -1.11. The summed E-state index contributed by atoms with van der Waals surface area (Å²) in [6.45, 7) is 2.86. The highest BCUT2D eigenvalue weighted by molar-refractivity contribution is 7.52. The lowest BCUT2D eigenvalue weighted by Gasteiger charge is -2.24. The van der Waals surface area contributed by atoms with Gasteiger partial charge in [-0.15, -0.1) is 0 Å². The van der Waals surface area contributed by atoms with Crippen molar-refractivity contribution in [3.8, 4) is 5.75 Å². The van der Waals surface area contributed by atoms with E-state index in [4.69, 9.17) is 24.3 Å². The minimum absolute atomic E-state index is 0.108. The molecule has 15 heteroatoms. The van der Waals surface area contributed by atoms with E-state index in [2.05, 4.69) is 20.4 Å². The van der Waals surface area contributed by atoms with Crippen LogP contribution in [0.25, 0.3) is 11.0 Å². The minimum Gasteiger partial charge on any atom is -0.468 e. The summed E-state index contributed by atoms with van der Waals surface area (Å²) in [7, 11) is -1.41. The van der Waals surface area contributed by atoms with Crippen LogP contribution < -0.4 is 20.7 Å². The van der Waals surface area contributed by atoms with Gasteiger partial charge >= 0.3 is 13.7 Å². The Kier molecular flexibility index (Phi) is 8.52. The van der Waals surface area contributed by atoms with Gasteiger partial charge in [-0.25, -0.2) is 14.5 Å². The number of hydrogen-bond donors (Lipinski definition) is 4. The van der Waals surface area contributed by atoms with Crippen LogP contribution in [0.5, 0.6) is 5.75 Å². The van der Waals surface area contributed by atoms with Gasteiger partial charge in [0.2, 0.25) is 0 Å². The zero-order valence-corrected chi connectivity index (χ0v) is 22.8. The standard InChI is InChI=1S/C24H31N6O8P/c1-13(24(33)35-4)29-39(34,38-15-8-6-5-7-9-15)36-12-16-10-18(31)23(37-16)30-11-17(22(32)26-3)19-20(25)27-14(2)28-21(19)30/h5-9,11,13,16,18,23,31H,10,12H2,1-4H3,(H,26,32)(H,29,34)(H2,25,27,28)/t13-,16-,18+,23+,39?/m0/s1. The maximum atomic E-state index is 13.6. The van der Waals surface area contributed by atoms with Crippen molar-refractivity contribution in [1.82, 2.24) is 24.9 Å². The number of amides is 1. The van der Waals surface area contributed by atoms with Crippen LogP contribution in [0.4, 0.5) is 5.82 Å². The molecule has 1 amide bonds. The quantitative estimate of drug-likeness (QED) is 0.207. The number of aliphatic hydroxyl groups is 1. The van der Waals surface area contributed by atoms with Gasteiger partial charge in [-0.3, -0.25) is 14.1 Å². The summed E-state index contributed by atoms with van der Waals surface area (Å²) in [5.41, 5.74) is 6.64. The zero-order valence-electron chi connectivity index (χ0n) is 21.9. The number of para-hydroxylation sites is 1. The molecule has 1 aliphatic heterocycles. The number of rotatable bonds is 10. The number of ether oxygens (including phenoxy) is 2. The molecule has 1 aliphatic rings. The first kappa shape index (κ1) is 28.5. The molecule has 5 atom stereocenters. The van der Waals surface area contributed by atoms with Crippen LogP contribution >= 0.6 is 7.75 Å². The Labute approximate surface area is 224 Å². The number of carbonyl (C=O) groups excluding carboxylic acids is 2. The topological polar surface area (TPSA) is 189 Å². The molecular formula is C24H31N6O8P. The molecule has 0 saturated carbocycles. The van der Waals surface area contributed by atoms with Gasteiger partial charge in [-0.1, -0.05) is 18.2 Å². The molecule has 1 fully saturated rings. The number of hydrogen-bond acceptors (Lipinski definition) is 11. The number of nitrogen functional groups attached to an aromatic ring is 1. The van der Waals surface area contributed by atoms with Gasteiger partial charge in [0.25, 0.3) is 5.91 Å². The highest BCUT2D eigenvalue weighted by atomic mass is 31.2. The third kappa shape index (κ3) is 6.21. The average molecular weight is 563 g/mol. The Morgan fingerprint density at radius 2 is 2.03 bits per heavy atom. The number of aromatic nitrogens is 3. The number of aryl methyl sites for hydroxylation is 1.